The lowest BCUT2D eigenvalue weighted by Gasteiger charge is -2.18. The highest BCUT2D eigenvalue weighted by Crippen LogP contribution is 2.17. The summed E-state index contributed by atoms with van der Waals surface area (Å²) in [5.74, 6) is 0.381. The summed E-state index contributed by atoms with van der Waals surface area (Å²) in [5.41, 5.74) is 2.69. The predicted molar refractivity (Wildman–Crippen MR) is 71.8 cm³/mol. The van der Waals surface area contributed by atoms with Gasteiger partial charge in [-0.25, -0.2) is 4.98 Å². The van der Waals surface area contributed by atoms with E-state index in [2.05, 4.69) is 4.98 Å². The van der Waals surface area contributed by atoms with E-state index < -0.39 is 6.10 Å². The smallest absolute Gasteiger partial charge is 0.250 e. The molecule has 1 atom stereocenters. The average molecular weight is 262 g/mol. The number of likely N-dealkylation sites (N-methyl/N-ethyl adjacent to an activating group) is 1. The highest BCUT2D eigenvalue weighted by atomic mass is 16.3. The second-order valence-corrected chi connectivity index (χ2v) is 4.72. The van der Waals surface area contributed by atoms with Crippen LogP contribution in [-0.4, -0.2) is 40.6 Å². The maximum absolute atomic E-state index is 11.5. The molecular formula is C14H18N2O3. The van der Waals surface area contributed by atoms with Gasteiger partial charge in [0.2, 0.25) is 0 Å². The zero-order valence-electron chi connectivity index (χ0n) is 11.4. The van der Waals surface area contributed by atoms with Gasteiger partial charge < -0.3 is 14.4 Å². The van der Waals surface area contributed by atoms with E-state index in [-0.39, 0.29) is 5.91 Å². The van der Waals surface area contributed by atoms with Crippen LogP contribution in [0, 0.1) is 6.92 Å². The van der Waals surface area contributed by atoms with Gasteiger partial charge in [-0.1, -0.05) is 6.07 Å². The topological polar surface area (TPSA) is 66.6 Å². The van der Waals surface area contributed by atoms with Crippen LogP contribution < -0.4 is 0 Å². The second-order valence-electron chi connectivity index (χ2n) is 4.72. The van der Waals surface area contributed by atoms with Crippen LogP contribution in [0.5, 0.6) is 0 Å². The van der Waals surface area contributed by atoms with Gasteiger partial charge in [0, 0.05) is 20.5 Å². The molecule has 1 aromatic carbocycles. The normalized spacial score (nSPS) is 12.6. The lowest BCUT2D eigenvalue weighted by Crippen LogP contribution is -2.35. The number of nitrogens with zero attached hydrogens (tertiary/aromatic N) is 2. The van der Waals surface area contributed by atoms with Crippen LogP contribution in [0.25, 0.3) is 11.1 Å². The van der Waals surface area contributed by atoms with E-state index >= 15 is 0 Å². The lowest BCUT2D eigenvalue weighted by atomic mass is 10.1. The van der Waals surface area contributed by atoms with Gasteiger partial charge >= 0.3 is 0 Å². The predicted octanol–water partition coefficient (Wildman–Crippen LogP) is 1.52. The van der Waals surface area contributed by atoms with Crippen molar-refractivity contribution in [3.63, 3.8) is 0 Å². The molecule has 0 aliphatic heterocycles. The Morgan fingerprint density at radius 1 is 1.53 bits per heavy atom. The Kier molecular flexibility index (Phi) is 3.85. The minimum Gasteiger partial charge on any atom is -0.441 e. The zero-order valence-corrected chi connectivity index (χ0v) is 11.4. The quantitative estimate of drug-likeness (QED) is 0.907. The van der Waals surface area contributed by atoms with Crippen LogP contribution >= 0.6 is 0 Å². The van der Waals surface area contributed by atoms with Crippen molar-refractivity contribution < 1.29 is 14.3 Å². The number of hydrogen-bond acceptors (Lipinski definition) is 4. The van der Waals surface area contributed by atoms with Gasteiger partial charge in [0.05, 0.1) is 0 Å². The first kappa shape index (κ1) is 13.5. The standard InChI is InChI=1S/C14H18N2O3/c1-9(17)14(18)16(3)7-6-11-4-5-13-12(8-11)15-10(2)19-13/h4-5,8-9,17H,6-7H2,1-3H3. The summed E-state index contributed by atoms with van der Waals surface area (Å²) in [7, 11) is 1.69. The summed E-state index contributed by atoms with van der Waals surface area (Å²) in [4.78, 5) is 17.3. The molecule has 5 heteroatoms. The fraction of sp³-hybridized carbons (Fsp3) is 0.429. The molecule has 1 unspecified atom stereocenters. The summed E-state index contributed by atoms with van der Waals surface area (Å²) < 4.78 is 5.41. The van der Waals surface area contributed by atoms with Crippen LogP contribution in [0.4, 0.5) is 0 Å². The number of carbonyl (C=O) groups is 1. The molecule has 1 N–H and O–H groups in total. The fourth-order valence-electron chi connectivity index (χ4n) is 1.97. The van der Waals surface area contributed by atoms with Crippen molar-refractivity contribution >= 4 is 17.0 Å². The van der Waals surface area contributed by atoms with Gasteiger partial charge in [-0.3, -0.25) is 4.79 Å². The number of oxazole rings is 1. The van der Waals surface area contributed by atoms with Crippen LogP contribution in [0.1, 0.15) is 18.4 Å². The Morgan fingerprint density at radius 2 is 2.26 bits per heavy atom. The van der Waals surface area contributed by atoms with Crippen molar-refractivity contribution in [1.82, 2.24) is 9.88 Å². The highest BCUT2D eigenvalue weighted by Gasteiger charge is 2.14. The number of benzene rings is 1. The van der Waals surface area contributed by atoms with Crippen LogP contribution in [0.15, 0.2) is 22.6 Å². The SMILES string of the molecule is Cc1nc2cc(CCN(C)C(=O)C(C)O)ccc2o1. The molecule has 1 amide bonds. The number of aromatic nitrogens is 1. The Bertz CT molecular complexity index is 589. The van der Waals surface area contributed by atoms with Crippen molar-refractivity contribution in [3.8, 4) is 0 Å². The molecule has 0 radical (unpaired) electrons. The van der Waals surface area contributed by atoms with E-state index in [1.807, 2.05) is 25.1 Å². The summed E-state index contributed by atoms with van der Waals surface area (Å²) in [6, 6.07) is 5.82. The zero-order chi connectivity index (χ0) is 14.0. The summed E-state index contributed by atoms with van der Waals surface area (Å²) >= 11 is 0. The van der Waals surface area contributed by atoms with Gasteiger partial charge in [0.25, 0.3) is 5.91 Å². The third-order valence-corrected chi connectivity index (χ3v) is 3.03. The fourth-order valence-corrected chi connectivity index (χ4v) is 1.97. The van der Waals surface area contributed by atoms with Crippen molar-refractivity contribution in [2.45, 2.75) is 26.4 Å². The van der Waals surface area contributed by atoms with Crippen molar-refractivity contribution in [2.75, 3.05) is 13.6 Å². The van der Waals surface area contributed by atoms with Crippen LogP contribution in [-0.2, 0) is 11.2 Å². The number of rotatable bonds is 4. The van der Waals surface area contributed by atoms with Crippen molar-refractivity contribution in [2.24, 2.45) is 0 Å². The largest absolute Gasteiger partial charge is 0.441 e. The maximum Gasteiger partial charge on any atom is 0.250 e. The number of carbonyl (C=O) groups excluding carboxylic acids is 1. The van der Waals surface area contributed by atoms with Gasteiger partial charge in [0.1, 0.15) is 11.6 Å². The van der Waals surface area contributed by atoms with E-state index in [4.69, 9.17) is 4.42 Å². The highest BCUT2D eigenvalue weighted by molar-refractivity contribution is 5.80. The Balaban J connectivity index is 2.03. The third kappa shape index (κ3) is 3.12. The molecule has 102 valence electrons. The molecule has 0 aliphatic rings. The number of aliphatic hydroxyl groups is 1. The van der Waals surface area contributed by atoms with Gasteiger partial charge in [-0.15, -0.1) is 0 Å². The third-order valence-electron chi connectivity index (χ3n) is 3.03. The lowest BCUT2D eigenvalue weighted by molar-refractivity contribution is -0.137. The minimum atomic E-state index is -0.953. The molecule has 2 rings (SSSR count). The first-order valence-corrected chi connectivity index (χ1v) is 6.26. The van der Waals surface area contributed by atoms with Crippen molar-refractivity contribution in [1.29, 1.82) is 0 Å². The number of amides is 1. The van der Waals surface area contributed by atoms with Crippen LogP contribution in [0.3, 0.4) is 0 Å². The molecule has 2 aromatic rings. The van der Waals surface area contributed by atoms with E-state index in [1.54, 1.807) is 7.05 Å². The molecule has 19 heavy (non-hydrogen) atoms. The molecule has 1 aromatic heterocycles. The first-order valence-electron chi connectivity index (χ1n) is 6.26. The number of fused-ring (bicyclic) bond motifs is 1. The molecule has 0 bridgehead atoms. The first-order chi connectivity index (χ1) is 8.97. The van der Waals surface area contributed by atoms with Crippen LogP contribution in [0.2, 0.25) is 0 Å². The number of aliphatic hydroxyl groups excluding tert-OH is 1. The molecule has 1 heterocycles. The molecule has 0 fully saturated rings. The van der Waals surface area contributed by atoms with Gasteiger partial charge in [-0.2, -0.15) is 0 Å². The number of hydrogen-bond donors (Lipinski definition) is 1. The Labute approximate surface area is 111 Å². The summed E-state index contributed by atoms with van der Waals surface area (Å²) in [6.07, 6.45) is -0.234. The molecule has 0 aliphatic carbocycles. The molecule has 0 saturated carbocycles. The summed E-state index contributed by atoms with van der Waals surface area (Å²) in [6.45, 7) is 3.85. The van der Waals surface area contributed by atoms with E-state index in [9.17, 15) is 9.90 Å². The van der Waals surface area contributed by atoms with E-state index in [1.165, 1.54) is 11.8 Å². The van der Waals surface area contributed by atoms with E-state index in [0.29, 0.717) is 12.4 Å². The summed E-state index contributed by atoms with van der Waals surface area (Å²) in [5, 5.41) is 9.22. The Hall–Kier alpha value is -1.88. The molecule has 0 saturated heterocycles. The average Bonchev–Trinajstić information content (AvgIpc) is 2.74. The molecule has 5 nitrogen and oxygen atoms in total. The minimum absolute atomic E-state index is 0.265. The van der Waals surface area contributed by atoms with Gasteiger partial charge in [0.15, 0.2) is 11.5 Å². The van der Waals surface area contributed by atoms with E-state index in [0.717, 1.165) is 23.1 Å². The van der Waals surface area contributed by atoms with Gasteiger partial charge in [-0.05, 0) is 31.0 Å². The molecule has 0 spiro atoms. The monoisotopic (exact) mass is 262 g/mol. The second kappa shape index (κ2) is 5.40. The molecular weight excluding hydrogens is 244 g/mol. The number of aryl methyl sites for hydroxylation is 1. The maximum atomic E-state index is 11.5. The van der Waals surface area contributed by atoms with Crippen molar-refractivity contribution in [3.05, 3.63) is 29.7 Å². The Morgan fingerprint density at radius 3 is 2.95 bits per heavy atom.